The van der Waals surface area contributed by atoms with Crippen LogP contribution in [0.15, 0.2) is 0 Å². The van der Waals surface area contributed by atoms with Crippen molar-refractivity contribution < 1.29 is 14.3 Å². The molecule has 132 valence electrons. The zero-order chi connectivity index (χ0) is 17.1. The summed E-state index contributed by atoms with van der Waals surface area (Å²) >= 11 is 0. The number of piperidine rings is 1. The Morgan fingerprint density at radius 3 is 2.62 bits per heavy atom. The number of rotatable bonds is 3. The van der Waals surface area contributed by atoms with Crippen molar-refractivity contribution in [3.8, 4) is 0 Å². The van der Waals surface area contributed by atoms with Crippen LogP contribution in [0.25, 0.3) is 0 Å². The van der Waals surface area contributed by atoms with Crippen LogP contribution in [0.1, 0.15) is 44.4 Å². The molecule has 0 saturated carbocycles. The van der Waals surface area contributed by atoms with Gasteiger partial charge in [-0.25, -0.2) is 4.98 Å². The third-order valence-electron chi connectivity index (χ3n) is 4.84. The van der Waals surface area contributed by atoms with Crippen LogP contribution < -0.4 is 0 Å². The third kappa shape index (κ3) is 3.58. The van der Waals surface area contributed by atoms with Gasteiger partial charge in [0.2, 0.25) is 11.8 Å². The molecule has 0 radical (unpaired) electrons. The average Bonchev–Trinajstić information content (AvgIpc) is 3.10. The Balaban J connectivity index is 1.58. The lowest BCUT2D eigenvalue weighted by atomic mass is 9.95. The Kier molecular flexibility index (Phi) is 5.13. The Hall–Kier alpha value is -1.96. The SMILES string of the molecule is CCc1nc(C2CN(C(=O)C3CCN(C(C)=O)CC3)CCO2)n[nH]1. The number of nitrogens with one attached hydrogen (secondary N) is 1. The van der Waals surface area contributed by atoms with Gasteiger partial charge in [0.1, 0.15) is 11.9 Å². The highest BCUT2D eigenvalue weighted by Crippen LogP contribution is 2.24. The number of amides is 2. The van der Waals surface area contributed by atoms with Crippen LogP contribution in [0.2, 0.25) is 0 Å². The van der Waals surface area contributed by atoms with Crippen molar-refractivity contribution in [1.82, 2.24) is 25.0 Å². The highest BCUT2D eigenvalue weighted by Gasteiger charge is 2.33. The van der Waals surface area contributed by atoms with Crippen LogP contribution in [-0.4, -0.2) is 69.6 Å². The topological polar surface area (TPSA) is 91.4 Å². The molecule has 0 bridgehead atoms. The van der Waals surface area contributed by atoms with E-state index in [0.717, 1.165) is 25.1 Å². The molecule has 2 amide bonds. The van der Waals surface area contributed by atoms with E-state index in [1.165, 1.54) is 0 Å². The highest BCUT2D eigenvalue weighted by atomic mass is 16.5. The van der Waals surface area contributed by atoms with E-state index < -0.39 is 0 Å². The van der Waals surface area contributed by atoms with Crippen molar-refractivity contribution >= 4 is 11.8 Å². The van der Waals surface area contributed by atoms with E-state index in [2.05, 4.69) is 15.2 Å². The number of carbonyl (C=O) groups is 2. The first-order valence-corrected chi connectivity index (χ1v) is 8.65. The molecule has 8 nitrogen and oxygen atoms in total. The first-order chi connectivity index (χ1) is 11.6. The van der Waals surface area contributed by atoms with Crippen molar-refractivity contribution in [3.63, 3.8) is 0 Å². The van der Waals surface area contributed by atoms with E-state index in [4.69, 9.17) is 4.74 Å². The number of aromatic nitrogens is 3. The maximum atomic E-state index is 12.8. The van der Waals surface area contributed by atoms with E-state index in [0.29, 0.717) is 38.6 Å². The third-order valence-corrected chi connectivity index (χ3v) is 4.84. The van der Waals surface area contributed by atoms with Crippen LogP contribution >= 0.6 is 0 Å². The van der Waals surface area contributed by atoms with Crippen molar-refractivity contribution in [2.45, 2.75) is 39.2 Å². The van der Waals surface area contributed by atoms with Crippen LogP contribution in [0.3, 0.4) is 0 Å². The Labute approximate surface area is 141 Å². The molecular formula is C16H25N5O3. The molecule has 1 N–H and O–H groups in total. The molecule has 1 unspecified atom stereocenters. The van der Waals surface area contributed by atoms with Crippen LogP contribution in [0.4, 0.5) is 0 Å². The molecule has 8 heteroatoms. The molecule has 0 spiro atoms. The molecular weight excluding hydrogens is 310 g/mol. The van der Waals surface area contributed by atoms with Gasteiger partial charge < -0.3 is 14.5 Å². The standard InChI is InChI=1S/C16H25N5O3/c1-3-14-17-15(19-18-14)13-10-21(8-9-24-13)16(23)12-4-6-20(7-5-12)11(2)22/h12-13H,3-10H2,1-2H3,(H,17,18,19). The second kappa shape index (κ2) is 7.29. The fourth-order valence-corrected chi connectivity index (χ4v) is 3.32. The van der Waals surface area contributed by atoms with Gasteiger partial charge in [-0.2, -0.15) is 5.10 Å². The first-order valence-electron chi connectivity index (χ1n) is 8.65. The van der Waals surface area contributed by atoms with Gasteiger partial charge in [-0.05, 0) is 12.8 Å². The number of likely N-dealkylation sites (tertiary alicyclic amines) is 1. The Bertz CT molecular complexity index is 594. The fraction of sp³-hybridized carbons (Fsp3) is 0.750. The van der Waals surface area contributed by atoms with Gasteiger partial charge in [0, 0.05) is 38.9 Å². The van der Waals surface area contributed by atoms with E-state index in [1.807, 2.05) is 16.7 Å². The van der Waals surface area contributed by atoms with Gasteiger partial charge in [-0.3, -0.25) is 14.7 Å². The molecule has 3 heterocycles. The Morgan fingerprint density at radius 2 is 2.00 bits per heavy atom. The summed E-state index contributed by atoms with van der Waals surface area (Å²) in [6.45, 7) is 6.52. The molecule has 2 aliphatic heterocycles. The van der Waals surface area contributed by atoms with E-state index >= 15 is 0 Å². The van der Waals surface area contributed by atoms with Gasteiger partial charge in [0.15, 0.2) is 5.82 Å². The first kappa shape index (κ1) is 16.9. The summed E-state index contributed by atoms with van der Waals surface area (Å²) < 4.78 is 5.75. The maximum Gasteiger partial charge on any atom is 0.225 e. The molecule has 3 rings (SSSR count). The molecule has 1 atom stereocenters. The minimum Gasteiger partial charge on any atom is -0.366 e. The largest absolute Gasteiger partial charge is 0.366 e. The second-order valence-electron chi connectivity index (χ2n) is 6.42. The normalized spacial score (nSPS) is 22.7. The summed E-state index contributed by atoms with van der Waals surface area (Å²) in [5.41, 5.74) is 0. The van der Waals surface area contributed by atoms with Crippen LogP contribution in [0, 0.1) is 5.92 Å². The monoisotopic (exact) mass is 335 g/mol. The van der Waals surface area contributed by atoms with Gasteiger partial charge in [-0.1, -0.05) is 6.92 Å². The number of aromatic amines is 1. The van der Waals surface area contributed by atoms with Crippen molar-refractivity contribution in [3.05, 3.63) is 11.6 Å². The lowest BCUT2D eigenvalue weighted by Gasteiger charge is -2.37. The number of hydrogen-bond donors (Lipinski definition) is 1. The molecule has 2 aliphatic rings. The number of hydrogen-bond acceptors (Lipinski definition) is 5. The van der Waals surface area contributed by atoms with Gasteiger partial charge in [0.25, 0.3) is 0 Å². The van der Waals surface area contributed by atoms with Crippen molar-refractivity contribution in [2.75, 3.05) is 32.8 Å². The Morgan fingerprint density at radius 1 is 1.25 bits per heavy atom. The summed E-state index contributed by atoms with van der Waals surface area (Å²) in [4.78, 5) is 32.3. The summed E-state index contributed by atoms with van der Waals surface area (Å²) in [5.74, 6) is 1.70. The molecule has 2 fully saturated rings. The van der Waals surface area contributed by atoms with E-state index in [9.17, 15) is 9.59 Å². The number of carbonyl (C=O) groups excluding carboxylic acids is 2. The zero-order valence-electron chi connectivity index (χ0n) is 14.3. The minimum absolute atomic E-state index is 0.00213. The molecule has 0 aromatic carbocycles. The van der Waals surface area contributed by atoms with Crippen molar-refractivity contribution in [1.29, 1.82) is 0 Å². The van der Waals surface area contributed by atoms with E-state index in [-0.39, 0.29) is 23.8 Å². The molecule has 1 aromatic rings. The molecule has 24 heavy (non-hydrogen) atoms. The van der Waals surface area contributed by atoms with Gasteiger partial charge in [-0.15, -0.1) is 0 Å². The molecule has 1 aromatic heterocycles. The smallest absolute Gasteiger partial charge is 0.225 e. The summed E-state index contributed by atoms with van der Waals surface area (Å²) in [6, 6.07) is 0. The fourth-order valence-electron chi connectivity index (χ4n) is 3.32. The highest BCUT2D eigenvalue weighted by molar-refractivity contribution is 5.80. The molecule has 0 aliphatic carbocycles. The average molecular weight is 335 g/mol. The van der Waals surface area contributed by atoms with Gasteiger partial charge >= 0.3 is 0 Å². The van der Waals surface area contributed by atoms with Crippen LogP contribution in [-0.2, 0) is 20.7 Å². The summed E-state index contributed by atoms with van der Waals surface area (Å²) in [6.07, 6.45) is 2.00. The lowest BCUT2D eigenvalue weighted by molar-refractivity contribution is -0.146. The number of aryl methyl sites for hydroxylation is 1. The predicted molar refractivity (Wildman–Crippen MR) is 86.0 cm³/mol. The minimum atomic E-state index is -0.267. The van der Waals surface area contributed by atoms with Crippen LogP contribution in [0.5, 0.6) is 0 Å². The maximum absolute atomic E-state index is 12.8. The summed E-state index contributed by atoms with van der Waals surface area (Å²) in [7, 11) is 0. The zero-order valence-corrected chi connectivity index (χ0v) is 14.3. The van der Waals surface area contributed by atoms with Crippen molar-refractivity contribution in [2.24, 2.45) is 5.92 Å². The van der Waals surface area contributed by atoms with Gasteiger partial charge in [0.05, 0.1) is 13.2 Å². The second-order valence-corrected chi connectivity index (χ2v) is 6.42. The number of nitrogens with zero attached hydrogens (tertiary/aromatic N) is 4. The molecule has 2 saturated heterocycles. The summed E-state index contributed by atoms with van der Waals surface area (Å²) in [5, 5.41) is 7.10. The van der Waals surface area contributed by atoms with E-state index in [1.54, 1.807) is 6.92 Å². The number of H-pyrrole nitrogens is 1. The predicted octanol–water partition coefficient (Wildman–Crippen LogP) is 0.526. The number of ether oxygens (including phenoxy) is 1. The number of morpholine rings is 1. The lowest BCUT2D eigenvalue weighted by Crippen LogP contribution is -2.48. The quantitative estimate of drug-likeness (QED) is 0.870.